The number of hydrogen-bond donors (Lipinski definition) is 1. The van der Waals surface area contributed by atoms with Crippen molar-refractivity contribution in [2.45, 2.75) is 0 Å². The number of aromatic carboxylic acids is 1. The minimum atomic E-state index is -1.63. The van der Waals surface area contributed by atoms with E-state index in [9.17, 15) is 13.6 Å². The monoisotopic (exact) mass is 238 g/mol. The molecule has 0 aliphatic heterocycles. The summed E-state index contributed by atoms with van der Waals surface area (Å²) >= 11 is 0. The Morgan fingerprint density at radius 1 is 1.29 bits per heavy atom. The highest BCUT2D eigenvalue weighted by molar-refractivity contribution is 5.89. The third-order valence-corrected chi connectivity index (χ3v) is 2.29. The molecule has 2 aromatic rings. The van der Waals surface area contributed by atoms with Gasteiger partial charge in [-0.15, -0.1) is 0 Å². The molecule has 1 heterocycles. The molecule has 2 rings (SSSR count). The van der Waals surface area contributed by atoms with Crippen LogP contribution in [0, 0.1) is 11.6 Å². The molecule has 0 atom stereocenters. The first-order valence-corrected chi connectivity index (χ1v) is 4.70. The third-order valence-electron chi connectivity index (χ3n) is 2.29. The Balaban J connectivity index is 2.56. The van der Waals surface area contributed by atoms with Gasteiger partial charge in [-0.1, -0.05) is 0 Å². The Kier molecular flexibility index (Phi) is 2.63. The minimum absolute atomic E-state index is 0.248. The first-order chi connectivity index (χ1) is 7.99. The van der Waals surface area contributed by atoms with Crippen molar-refractivity contribution in [3.05, 3.63) is 41.7 Å². The molecule has 4 nitrogen and oxygen atoms in total. The number of carbonyl (C=O) groups is 1. The van der Waals surface area contributed by atoms with E-state index in [0.717, 1.165) is 12.1 Å². The van der Waals surface area contributed by atoms with Gasteiger partial charge in [-0.25, -0.2) is 13.6 Å². The molecule has 17 heavy (non-hydrogen) atoms. The van der Waals surface area contributed by atoms with Gasteiger partial charge in [0, 0.05) is 18.8 Å². The van der Waals surface area contributed by atoms with Crippen LogP contribution in [0.25, 0.3) is 11.1 Å². The fraction of sp³-hybridized carbons (Fsp3) is 0.0909. The predicted octanol–water partition coefficient (Wildman–Crippen LogP) is 2.06. The number of aromatic nitrogens is 2. The fourth-order valence-corrected chi connectivity index (χ4v) is 1.51. The van der Waals surface area contributed by atoms with Crippen LogP contribution in [0.15, 0.2) is 24.5 Å². The summed E-state index contributed by atoms with van der Waals surface area (Å²) in [5, 5.41) is 12.5. The lowest BCUT2D eigenvalue weighted by molar-refractivity contribution is 0.0686. The van der Waals surface area contributed by atoms with Crippen LogP contribution in [-0.4, -0.2) is 20.9 Å². The van der Waals surface area contributed by atoms with Crippen LogP contribution < -0.4 is 0 Å². The van der Waals surface area contributed by atoms with E-state index in [0.29, 0.717) is 5.56 Å². The maximum absolute atomic E-state index is 13.4. The first-order valence-electron chi connectivity index (χ1n) is 4.70. The average molecular weight is 238 g/mol. The molecular weight excluding hydrogens is 230 g/mol. The number of carboxylic acids is 1. The maximum atomic E-state index is 13.4. The van der Waals surface area contributed by atoms with E-state index >= 15 is 0 Å². The second-order valence-corrected chi connectivity index (χ2v) is 3.52. The molecule has 0 fully saturated rings. The van der Waals surface area contributed by atoms with Crippen molar-refractivity contribution in [1.82, 2.24) is 9.78 Å². The van der Waals surface area contributed by atoms with Crippen LogP contribution in [0.4, 0.5) is 8.78 Å². The van der Waals surface area contributed by atoms with E-state index in [2.05, 4.69) is 5.10 Å². The van der Waals surface area contributed by atoms with Crippen molar-refractivity contribution in [1.29, 1.82) is 0 Å². The van der Waals surface area contributed by atoms with Crippen molar-refractivity contribution >= 4 is 5.97 Å². The van der Waals surface area contributed by atoms with E-state index in [-0.39, 0.29) is 5.56 Å². The predicted molar refractivity (Wildman–Crippen MR) is 55.5 cm³/mol. The summed E-state index contributed by atoms with van der Waals surface area (Å²) in [5.41, 5.74) is -0.182. The fourth-order valence-electron chi connectivity index (χ4n) is 1.51. The molecule has 6 heteroatoms. The number of benzene rings is 1. The number of rotatable bonds is 2. The highest BCUT2D eigenvalue weighted by Crippen LogP contribution is 2.23. The van der Waals surface area contributed by atoms with Crippen molar-refractivity contribution in [3.63, 3.8) is 0 Å². The number of carboxylic acid groups (broad SMARTS) is 1. The highest BCUT2D eigenvalue weighted by atomic mass is 19.1. The quantitative estimate of drug-likeness (QED) is 0.871. The third kappa shape index (κ3) is 2.01. The molecule has 0 bridgehead atoms. The normalized spacial score (nSPS) is 10.5. The zero-order chi connectivity index (χ0) is 12.6. The van der Waals surface area contributed by atoms with Gasteiger partial charge in [0.1, 0.15) is 17.2 Å². The molecule has 0 unspecified atom stereocenters. The average Bonchev–Trinajstić information content (AvgIpc) is 2.63. The molecule has 88 valence electrons. The largest absolute Gasteiger partial charge is 0.477 e. The first kappa shape index (κ1) is 11.3. The summed E-state index contributed by atoms with van der Waals surface area (Å²) in [4.78, 5) is 10.6. The lowest BCUT2D eigenvalue weighted by Gasteiger charge is -2.03. The SMILES string of the molecule is Cn1cc(-c2cc(F)c(C(=O)O)c(F)c2)cn1. The summed E-state index contributed by atoms with van der Waals surface area (Å²) in [6, 6.07) is 1.95. The molecule has 0 radical (unpaired) electrons. The van der Waals surface area contributed by atoms with Gasteiger partial charge in [-0.05, 0) is 17.7 Å². The summed E-state index contributed by atoms with van der Waals surface area (Å²) in [6.07, 6.45) is 3.02. The Morgan fingerprint density at radius 3 is 2.29 bits per heavy atom. The van der Waals surface area contributed by atoms with E-state index < -0.39 is 23.2 Å². The minimum Gasteiger partial charge on any atom is -0.477 e. The van der Waals surface area contributed by atoms with Crippen LogP contribution in [0.2, 0.25) is 0 Å². The van der Waals surface area contributed by atoms with Gasteiger partial charge < -0.3 is 5.11 Å². The zero-order valence-corrected chi connectivity index (χ0v) is 8.82. The topological polar surface area (TPSA) is 55.1 Å². The molecule has 0 aliphatic rings. The van der Waals surface area contributed by atoms with Gasteiger partial charge in [-0.3, -0.25) is 4.68 Å². The molecule has 1 aromatic heterocycles. The molecule has 0 aliphatic carbocycles. The molecular formula is C11H8F2N2O2. The van der Waals surface area contributed by atoms with Crippen molar-refractivity contribution in [3.8, 4) is 11.1 Å². The number of hydrogen-bond acceptors (Lipinski definition) is 2. The summed E-state index contributed by atoms with van der Waals surface area (Å²) < 4.78 is 28.3. The molecule has 0 spiro atoms. The van der Waals surface area contributed by atoms with Crippen LogP contribution in [-0.2, 0) is 7.05 Å². The van der Waals surface area contributed by atoms with Crippen molar-refractivity contribution in [2.24, 2.45) is 7.05 Å². The van der Waals surface area contributed by atoms with Gasteiger partial charge in [0.2, 0.25) is 0 Å². The van der Waals surface area contributed by atoms with Gasteiger partial charge in [-0.2, -0.15) is 5.10 Å². The second-order valence-electron chi connectivity index (χ2n) is 3.52. The second kappa shape index (κ2) is 3.97. The molecule has 0 saturated heterocycles. The standard InChI is InChI=1S/C11H8F2N2O2/c1-15-5-7(4-14-15)6-2-8(12)10(11(16)17)9(13)3-6/h2-5H,1H3,(H,16,17). The van der Waals surface area contributed by atoms with Gasteiger partial charge in [0.15, 0.2) is 0 Å². The van der Waals surface area contributed by atoms with Crippen molar-refractivity contribution in [2.75, 3.05) is 0 Å². The van der Waals surface area contributed by atoms with Crippen LogP contribution in [0.5, 0.6) is 0 Å². The molecule has 1 aromatic carbocycles. The smallest absolute Gasteiger partial charge is 0.341 e. The van der Waals surface area contributed by atoms with Gasteiger partial charge >= 0.3 is 5.97 Å². The lowest BCUT2D eigenvalue weighted by atomic mass is 10.1. The summed E-state index contributed by atoms with van der Waals surface area (Å²) in [6.45, 7) is 0. The van der Waals surface area contributed by atoms with Gasteiger partial charge in [0.05, 0.1) is 6.20 Å². The number of nitrogens with zero attached hydrogens (tertiary/aromatic N) is 2. The zero-order valence-electron chi connectivity index (χ0n) is 8.82. The Labute approximate surface area is 95.1 Å². The molecule has 0 saturated carbocycles. The number of aryl methyl sites for hydroxylation is 1. The molecule has 0 amide bonds. The summed E-state index contributed by atoms with van der Waals surface area (Å²) in [7, 11) is 1.67. The van der Waals surface area contributed by atoms with Gasteiger partial charge in [0.25, 0.3) is 0 Å². The van der Waals surface area contributed by atoms with E-state index in [1.54, 1.807) is 13.2 Å². The van der Waals surface area contributed by atoms with Crippen molar-refractivity contribution < 1.29 is 18.7 Å². The Morgan fingerprint density at radius 2 is 1.88 bits per heavy atom. The molecule has 1 N–H and O–H groups in total. The maximum Gasteiger partial charge on any atom is 0.341 e. The highest BCUT2D eigenvalue weighted by Gasteiger charge is 2.18. The van der Waals surface area contributed by atoms with Crippen LogP contribution >= 0.6 is 0 Å². The van der Waals surface area contributed by atoms with Crippen LogP contribution in [0.1, 0.15) is 10.4 Å². The lowest BCUT2D eigenvalue weighted by Crippen LogP contribution is -2.04. The summed E-state index contributed by atoms with van der Waals surface area (Å²) in [5.74, 6) is -3.83. The van der Waals surface area contributed by atoms with Crippen LogP contribution in [0.3, 0.4) is 0 Å². The van der Waals surface area contributed by atoms with E-state index in [1.807, 2.05) is 0 Å². The number of halogens is 2. The Bertz CT molecular complexity index is 570. The van der Waals surface area contributed by atoms with E-state index in [4.69, 9.17) is 5.11 Å². The Hall–Kier alpha value is -2.24. The van der Waals surface area contributed by atoms with E-state index in [1.165, 1.54) is 10.9 Å².